The molecule has 0 aromatic heterocycles. The summed E-state index contributed by atoms with van der Waals surface area (Å²) in [5.74, 6) is 1.51. The summed E-state index contributed by atoms with van der Waals surface area (Å²) in [4.78, 5) is 19.7. The molecule has 1 aliphatic heterocycles. The maximum atomic E-state index is 12.3. The Morgan fingerprint density at radius 2 is 1.79 bits per heavy atom. The Kier molecular flexibility index (Phi) is 8.79. The van der Waals surface area contributed by atoms with Crippen molar-refractivity contribution in [3.8, 4) is 0 Å². The Bertz CT molecular complexity index is 402. The second kappa shape index (κ2) is 10.0. The molecule has 1 rings (SSSR count). The molecule has 140 valence electrons. The maximum Gasteiger partial charge on any atom is 0.222 e. The van der Waals surface area contributed by atoms with Gasteiger partial charge in [-0.3, -0.25) is 4.79 Å². The van der Waals surface area contributed by atoms with Gasteiger partial charge in [0.15, 0.2) is 0 Å². The number of hydrogen-bond donors (Lipinski definition) is 0. The van der Waals surface area contributed by atoms with Gasteiger partial charge < -0.3 is 9.74 Å². The van der Waals surface area contributed by atoms with Gasteiger partial charge in [0.25, 0.3) is 0 Å². The minimum Gasteiger partial charge on any atom is -0.396 e. The van der Waals surface area contributed by atoms with Crippen LogP contribution in [-0.2, 0) is 9.63 Å². The molecule has 0 aromatic carbocycles. The summed E-state index contributed by atoms with van der Waals surface area (Å²) < 4.78 is 0. The molecule has 0 saturated carbocycles. The first-order valence-corrected chi connectivity index (χ1v) is 9.66. The van der Waals surface area contributed by atoms with Gasteiger partial charge in [0.1, 0.15) is 6.61 Å². The van der Waals surface area contributed by atoms with Crippen LogP contribution in [0.2, 0.25) is 0 Å². The quantitative estimate of drug-likeness (QED) is 0.359. The molecule has 4 nitrogen and oxygen atoms in total. The van der Waals surface area contributed by atoms with Crippen LogP contribution in [0.5, 0.6) is 0 Å². The van der Waals surface area contributed by atoms with Crippen molar-refractivity contribution in [3.05, 3.63) is 0 Å². The van der Waals surface area contributed by atoms with E-state index in [0.29, 0.717) is 30.3 Å². The highest BCUT2D eigenvalue weighted by atomic mass is 16.6. The third-order valence-electron chi connectivity index (χ3n) is 5.24. The van der Waals surface area contributed by atoms with Crippen LogP contribution in [0.3, 0.4) is 0 Å². The van der Waals surface area contributed by atoms with E-state index in [4.69, 9.17) is 4.84 Å². The molecule has 0 N–H and O–H groups in total. The number of unbranched alkanes of at least 4 members (excludes halogenated alkanes) is 2. The predicted octanol–water partition coefficient (Wildman–Crippen LogP) is 4.88. The molecule has 0 spiro atoms. The first kappa shape index (κ1) is 21.0. The summed E-state index contributed by atoms with van der Waals surface area (Å²) in [6.45, 7) is 15.7. The second-order valence-electron chi connectivity index (χ2n) is 8.55. The van der Waals surface area contributed by atoms with Crippen LogP contribution in [0.1, 0.15) is 80.1 Å². The minimum absolute atomic E-state index is 0.331. The van der Waals surface area contributed by atoms with Crippen LogP contribution in [0.25, 0.3) is 0 Å². The van der Waals surface area contributed by atoms with Crippen LogP contribution in [0.4, 0.5) is 0 Å². The van der Waals surface area contributed by atoms with Crippen molar-refractivity contribution >= 4 is 11.6 Å². The van der Waals surface area contributed by atoms with E-state index in [2.05, 4.69) is 44.7 Å². The number of amides is 1. The van der Waals surface area contributed by atoms with Crippen LogP contribution in [-0.4, -0.2) is 36.2 Å². The zero-order valence-electron chi connectivity index (χ0n) is 16.7. The van der Waals surface area contributed by atoms with Crippen LogP contribution in [0.15, 0.2) is 5.16 Å². The molecule has 1 heterocycles. The van der Waals surface area contributed by atoms with Gasteiger partial charge in [-0.05, 0) is 56.3 Å². The molecule has 24 heavy (non-hydrogen) atoms. The van der Waals surface area contributed by atoms with E-state index in [0.717, 1.165) is 56.8 Å². The van der Waals surface area contributed by atoms with E-state index >= 15 is 0 Å². The molecule has 0 atom stereocenters. The van der Waals surface area contributed by atoms with E-state index in [9.17, 15) is 4.79 Å². The third kappa shape index (κ3) is 7.67. The summed E-state index contributed by atoms with van der Waals surface area (Å²) in [6.07, 6.45) is 5.92. The van der Waals surface area contributed by atoms with Crippen molar-refractivity contribution in [2.75, 3.05) is 19.7 Å². The lowest BCUT2D eigenvalue weighted by Crippen LogP contribution is -2.41. The molecule has 1 saturated heterocycles. The maximum absolute atomic E-state index is 12.3. The van der Waals surface area contributed by atoms with E-state index in [1.807, 2.05) is 6.92 Å². The lowest BCUT2D eigenvalue weighted by atomic mass is 9.75. The summed E-state index contributed by atoms with van der Waals surface area (Å²) in [5, 5.41) is 4.10. The smallest absolute Gasteiger partial charge is 0.222 e. The average molecular weight is 339 g/mol. The van der Waals surface area contributed by atoms with E-state index in [1.54, 1.807) is 0 Å². The molecule has 0 unspecified atom stereocenters. The number of carbonyl (C=O) groups excluding carboxylic acids is 1. The zero-order valence-corrected chi connectivity index (χ0v) is 16.7. The Hall–Kier alpha value is -1.06. The van der Waals surface area contributed by atoms with Crippen molar-refractivity contribution in [2.45, 2.75) is 80.1 Å². The molecular formula is C20H38N2O2. The molecule has 1 amide bonds. The van der Waals surface area contributed by atoms with Gasteiger partial charge in [0.05, 0.1) is 5.71 Å². The highest BCUT2D eigenvalue weighted by molar-refractivity contribution is 5.83. The van der Waals surface area contributed by atoms with Crippen LogP contribution >= 0.6 is 0 Å². The molecule has 0 bridgehead atoms. The van der Waals surface area contributed by atoms with E-state index in [1.165, 1.54) is 0 Å². The Morgan fingerprint density at radius 3 is 2.33 bits per heavy atom. The Labute approximate surface area is 149 Å². The Morgan fingerprint density at radius 1 is 1.17 bits per heavy atom. The standard InChI is InChI=1S/C20H38N2O2/c1-16(2)17(3)21-24-15-9-7-8-10-19(23)22-13-11-18(12-14-22)20(4,5)6/h16,18H,7-15H2,1-6H3/b21-17+. The van der Waals surface area contributed by atoms with Crippen molar-refractivity contribution in [3.63, 3.8) is 0 Å². The second-order valence-corrected chi connectivity index (χ2v) is 8.55. The largest absolute Gasteiger partial charge is 0.396 e. The lowest BCUT2D eigenvalue weighted by molar-refractivity contribution is -0.133. The summed E-state index contributed by atoms with van der Waals surface area (Å²) in [7, 11) is 0. The van der Waals surface area contributed by atoms with Crippen molar-refractivity contribution in [1.82, 2.24) is 4.90 Å². The minimum atomic E-state index is 0.331. The summed E-state index contributed by atoms with van der Waals surface area (Å²) >= 11 is 0. The molecule has 1 fully saturated rings. The molecule has 4 heteroatoms. The fourth-order valence-corrected chi connectivity index (χ4v) is 3.03. The summed E-state index contributed by atoms with van der Waals surface area (Å²) in [6, 6.07) is 0. The van der Waals surface area contributed by atoms with Crippen molar-refractivity contribution in [2.24, 2.45) is 22.4 Å². The van der Waals surface area contributed by atoms with Gasteiger partial charge in [-0.1, -0.05) is 39.8 Å². The van der Waals surface area contributed by atoms with E-state index in [-0.39, 0.29) is 0 Å². The zero-order chi connectivity index (χ0) is 18.2. The Balaban J connectivity index is 2.10. The van der Waals surface area contributed by atoms with Gasteiger partial charge in [0, 0.05) is 19.5 Å². The third-order valence-corrected chi connectivity index (χ3v) is 5.24. The number of carbonyl (C=O) groups is 1. The molecule has 1 aliphatic rings. The molecule has 0 aromatic rings. The predicted molar refractivity (Wildman–Crippen MR) is 101 cm³/mol. The lowest BCUT2D eigenvalue weighted by Gasteiger charge is -2.38. The van der Waals surface area contributed by atoms with Crippen LogP contribution < -0.4 is 0 Å². The van der Waals surface area contributed by atoms with Crippen LogP contribution in [0, 0.1) is 17.3 Å². The molecule has 0 aliphatic carbocycles. The van der Waals surface area contributed by atoms with Gasteiger partial charge >= 0.3 is 0 Å². The number of hydrogen-bond acceptors (Lipinski definition) is 3. The average Bonchev–Trinajstić information content (AvgIpc) is 2.52. The first-order chi connectivity index (χ1) is 11.2. The molecule has 0 radical (unpaired) electrons. The summed E-state index contributed by atoms with van der Waals surface area (Å²) in [5.41, 5.74) is 1.40. The van der Waals surface area contributed by atoms with Gasteiger partial charge in [-0.25, -0.2) is 0 Å². The fourth-order valence-electron chi connectivity index (χ4n) is 3.03. The number of nitrogens with zero attached hydrogens (tertiary/aromatic N) is 2. The number of likely N-dealkylation sites (tertiary alicyclic amines) is 1. The normalized spacial score (nSPS) is 17.5. The van der Waals surface area contributed by atoms with Crippen molar-refractivity contribution < 1.29 is 9.63 Å². The number of piperidine rings is 1. The van der Waals surface area contributed by atoms with Crippen molar-refractivity contribution in [1.29, 1.82) is 0 Å². The highest BCUT2D eigenvalue weighted by Crippen LogP contribution is 2.34. The molecular weight excluding hydrogens is 300 g/mol. The monoisotopic (exact) mass is 338 g/mol. The van der Waals surface area contributed by atoms with Gasteiger partial charge in [0.2, 0.25) is 5.91 Å². The SMILES string of the molecule is C/C(=N\OCCCCCC(=O)N1CCC(C(C)(C)C)CC1)C(C)C. The van der Waals surface area contributed by atoms with Gasteiger partial charge in [-0.2, -0.15) is 0 Å². The fraction of sp³-hybridized carbons (Fsp3) is 0.900. The number of rotatable bonds is 8. The highest BCUT2D eigenvalue weighted by Gasteiger charge is 2.29. The van der Waals surface area contributed by atoms with E-state index < -0.39 is 0 Å². The first-order valence-electron chi connectivity index (χ1n) is 9.66. The topological polar surface area (TPSA) is 41.9 Å². The van der Waals surface area contributed by atoms with Gasteiger partial charge in [-0.15, -0.1) is 0 Å². The number of oxime groups is 1.